The summed E-state index contributed by atoms with van der Waals surface area (Å²) in [5, 5.41) is 3.39. The Morgan fingerprint density at radius 1 is 1.22 bits per heavy atom. The number of aldehydes is 1. The van der Waals surface area contributed by atoms with E-state index in [1.165, 1.54) is 23.7 Å². The minimum atomic E-state index is -0.323. The first kappa shape index (κ1) is 15.5. The largest absolute Gasteiger partial charge is 0.489 e. The molecular formula is C19H20FNO2. The van der Waals surface area contributed by atoms with Crippen LogP contribution in [0.5, 0.6) is 5.75 Å². The van der Waals surface area contributed by atoms with Crippen molar-refractivity contribution >= 4 is 12.0 Å². The number of hydrogen-bond acceptors (Lipinski definition) is 3. The molecular weight excluding hydrogens is 293 g/mol. The predicted molar refractivity (Wildman–Crippen MR) is 88.4 cm³/mol. The number of benzene rings is 2. The first-order chi connectivity index (χ1) is 11.3. The van der Waals surface area contributed by atoms with E-state index in [1.807, 2.05) is 0 Å². The van der Waals surface area contributed by atoms with Gasteiger partial charge < -0.3 is 14.8 Å². The average molecular weight is 313 g/mol. The Balaban J connectivity index is 1.64. The highest BCUT2D eigenvalue weighted by Crippen LogP contribution is 2.24. The van der Waals surface area contributed by atoms with Crippen LogP contribution in [0.15, 0.2) is 36.4 Å². The lowest BCUT2D eigenvalue weighted by molar-refractivity contribution is -0.107. The fraction of sp³-hybridized carbons (Fsp3) is 0.316. The lowest BCUT2D eigenvalue weighted by Crippen LogP contribution is -2.12. The number of carbonyl (C=O) groups excluding carboxylic acids is 1. The van der Waals surface area contributed by atoms with Crippen LogP contribution in [0.2, 0.25) is 0 Å². The molecule has 0 saturated heterocycles. The van der Waals surface area contributed by atoms with Gasteiger partial charge in [-0.05, 0) is 48.1 Å². The molecule has 1 aliphatic heterocycles. The molecule has 0 saturated carbocycles. The quantitative estimate of drug-likeness (QED) is 0.822. The van der Waals surface area contributed by atoms with Crippen molar-refractivity contribution in [3.63, 3.8) is 0 Å². The molecule has 2 aromatic carbocycles. The van der Waals surface area contributed by atoms with Gasteiger partial charge in [0, 0.05) is 24.7 Å². The average Bonchev–Trinajstić information content (AvgIpc) is 2.59. The second-order valence-corrected chi connectivity index (χ2v) is 5.77. The van der Waals surface area contributed by atoms with E-state index in [2.05, 4.69) is 23.5 Å². The Labute approximate surface area is 135 Å². The fourth-order valence-corrected chi connectivity index (χ4v) is 2.80. The molecule has 3 rings (SSSR count). The zero-order valence-electron chi connectivity index (χ0n) is 13.0. The Morgan fingerprint density at radius 2 is 2.13 bits per heavy atom. The van der Waals surface area contributed by atoms with Crippen LogP contribution < -0.4 is 10.1 Å². The first-order valence-electron chi connectivity index (χ1n) is 7.97. The van der Waals surface area contributed by atoms with Gasteiger partial charge in [0.25, 0.3) is 0 Å². The summed E-state index contributed by atoms with van der Waals surface area (Å²) >= 11 is 0. The normalized spacial score (nSPS) is 13.1. The molecule has 0 bridgehead atoms. The zero-order chi connectivity index (χ0) is 16.1. The molecule has 0 aliphatic carbocycles. The molecule has 0 atom stereocenters. The van der Waals surface area contributed by atoms with E-state index in [0.717, 1.165) is 24.8 Å². The molecule has 2 aromatic rings. The number of hydrogen-bond donors (Lipinski definition) is 1. The Hall–Kier alpha value is -2.36. The third-order valence-electron chi connectivity index (χ3n) is 4.07. The molecule has 1 heterocycles. The highest BCUT2D eigenvalue weighted by molar-refractivity contribution is 5.55. The van der Waals surface area contributed by atoms with Crippen molar-refractivity contribution in [1.82, 2.24) is 0 Å². The zero-order valence-corrected chi connectivity index (χ0v) is 13.0. The molecule has 4 heteroatoms. The van der Waals surface area contributed by atoms with Crippen molar-refractivity contribution in [3.05, 3.63) is 58.9 Å². The maximum absolute atomic E-state index is 13.9. The summed E-state index contributed by atoms with van der Waals surface area (Å²) < 4.78 is 19.6. The van der Waals surface area contributed by atoms with Gasteiger partial charge in [-0.25, -0.2) is 4.39 Å². The Morgan fingerprint density at radius 3 is 2.96 bits per heavy atom. The second-order valence-electron chi connectivity index (χ2n) is 5.77. The van der Waals surface area contributed by atoms with Crippen molar-refractivity contribution in [3.8, 4) is 5.75 Å². The van der Waals surface area contributed by atoms with Crippen LogP contribution in [0.1, 0.15) is 29.5 Å². The number of ether oxygens (including phenoxy) is 1. The van der Waals surface area contributed by atoms with Crippen molar-refractivity contribution in [2.75, 3.05) is 11.9 Å². The molecule has 120 valence electrons. The first-order valence-corrected chi connectivity index (χ1v) is 7.97. The van der Waals surface area contributed by atoms with Gasteiger partial charge >= 0.3 is 0 Å². The Bertz CT molecular complexity index is 700. The summed E-state index contributed by atoms with van der Waals surface area (Å²) in [4.78, 5) is 10.4. The van der Waals surface area contributed by atoms with Gasteiger partial charge in [-0.2, -0.15) is 0 Å². The van der Waals surface area contributed by atoms with E-state index in [-0.39, 0.29) is 5.82 Å². The van der Waals surface area contributed by atoms with Gasteiger partial charge in [0.2, 0.25) is 0 Å². The summed E-state index contributed by atoms with van der Waals surface area (Å²) in [6.07, 6.45) is 3.83. The number of rotatable bonds is 6. The molecule has 1 N–H and O–H groups in total. The van der Waals surface area contributed by atoms with E-state index in [4.69, 9.17) is 4.74 Å². The van der Waals surface area contributed by atoms with Gasteiger partial charge in [-0.1, -0.05) is 18.2 Å². The molecule has 0 radical (unpaired) electrons. The van der Waals surface area contributed by atoms with Crippen LogP contribution in [-0.4, -0.2) is 12.8 Å². The molecule has 3 nitrogen and oxygen atoms in total. The predicted octanol–water partition coefficient (Wildman–Crippen LogP) is 3.89. The maximum atomic E-state index is 13.9. The third kappa shape index (κ3) is 3.89. The van der Waals surface area contributed by atoms with Crippen LogP contribution in [0.4, 0.5) is 10.1 Å². The lowest BCUT2D eigenvalue weighted by atomic mass is 10.0. The molecule has 0 aromatic heterocycles. The highest BCUT2D eigenvalue weighted by atomic mass is 19.1. The molecule has 1 aliphatic rings. The monoisotopic (exact) mass is 313 g/mol. The van der Waals surface area contributed by atoms with E-state index in [1.54, 1.807) is 12.1 Å². The van der Waals surface area contributed by atoms with E-state index in [9.17, 15) is 9.18 Å². The van der Waals surface area contributed by atoms with Crippen LogP contribution in [-0.2, 0) is 24.2 Å². The summed E-state index contributed by atoms with van der Waals surface area (Å²) in [7, 11) is 0. The summed E-state index contributed by atoms with van der Waals surface area (Å²) in [5.74, 6) is 0.180. The van der Waals surface area contributed by atoms with Crippen LogP contribution in [0, 0.1) is 5.82 Å². The van der Waals surface area contributed by atoms with Gasteiger partial charge in [-0.3, -0.25) is 0 Å². The van der Waals surface area contributed by atoms with Gasteiger partial charge in [0.1, 0.15) is 24.5 Å². The van der Waals surface area contributed by atoms with Crippen LogP contribution >= 0.6 is 0 Å². The number of aryl methyl sites for hydroxylation is 2. The molecule has 0 fully saturated rings. The molecule has 0 spiro atoms. The summed E-state index contributed by atoms with van der Waals surface area (Å²) in [6, 6.07) is 11.1. The van der Waals surface area contributed by atoms with E-state index < -0.39 is 0 Å². The summed E-state index contributed by atoms with van der Waals surface area (Å²) in [5.41, 5.74) is 4.12. The molecule has 0 amide bonds. The topological polar surface area (TPSA) is 38.3 Å². The third-order valence-corrected chi connectivity index (χ3v) is 4.07. The van der Waals surface area contributed by atoms with E-state index in [0.29, 0.717) is 30.8 Å². The number of halogens is 1. The molecule has 23 heavy (non-hydrogen) atoms. The fourth-order valence-electron chi connectivity index (χ4n) is 2.80. The maximum Gasteiger partial charge on any atom is 0.130 e. The minimum absolute atomic E-state index is 0.323. The minimum Gasteiger partial charge on any atom is -0.489 e. The Kier molecular flexibility index (Phi) is 4.91. The van der Waals surface area contributed by atoms with Crippen molar-refractivity contribution < 1.29 is 13.9 Å². The number of anilines is 1. The smallest absolute Gasteiger partial charge is 0.130 e. The van der Waals surface area contributed by atoms with E-state index >= 15 is 0 Å². The van der Waals surface area contributed by atoms with Crippen molar-refractivity contribution in [2.45, 2.75) is 32.3 Å². The standard InChI is InChI=1S/C19H20FNO2/c20-18-12-17(8-7-15(18)4-2-10-22)23-13-14-5-6-16-3-1-9-21-19(16)11-14/h5-8,10-12,21H,1-4,9,13H2. The van der Waals surface area contributed by atoms with Crippen molar-refractivity contribution in [1.29, 1.82) is 0 Å². The summed E-state index contributed by atoms with van der Waals surface area (Å²) in [6.45, 7) is 1.41. The van der Waals surface area contributed by atoms with Gasteiger partial charge in [0.15, 0.2) is 0 Å². The van der Waals surface area contributed by atoms with Gasteiger partial charge in [0.05, 0.1) is 0 Å². The van der Waals surface area contributed by atoms with Crippen LogP contribution in [0.3, 0.4) is 0 Å². The number of carbonyl (C=O) groups is 1. The lowest BCUT2D eigenvalue weighted by Gasteiger charge is -2.18. The molecule has 0 unspecified atom stereocenters. The second kappa shape index (κ2) is 7.27. The SMILES string of the molecule is O=CCCc1ccc(OCc2ccc3c(c2)NCCC3)cc1F. The highest BCUT2D eigenvalue weighted by Gasteiger charge is 2.09. The number of nitrogens with one attached hydrogen (secondary N) is 1. The van der Waals surface area contributed by atoms with Gasteiger partial charge in [-0.15, -0.1) is 0 Å². The number of fused-ring (bicyclic) bond motifs is 1. The van der Waals surface area contributed by atoms with Crippen molar-refractivity contribution in [2.24, 2.45) is 0 Å². The van der Waals surface area contributed by atoms with Crippen LogP contribution in [0.25, 0.3) is 0 Å².